The van der Waals surface area contributed by atoms with Crippen LogP contribution in [0.2, 0.25) is 0 Å². The lowest BCUT2D eigenvalue weighted by Crippen LogP contribution is -2.55. The molecule has 5 heteroatoms. The monoisotopic (exact) mass is 291 g/mol. The van der Waals surface area contributed by atoms with Gasteiger partial charge in [0.15, 0.2) is 5.84 Å². The van der Waals surface area contributed by atoms with Crippen molar-refractivity contribution in [1.82, 2.24) is 5.32 Å². The quantitative estimate of drug-likeness (QED) is 0.319. The molecule has 116 valence electrons. The highest BCUT2D eigenvalue weighted by molar-refractivity contribution is 5.91. The average Bonchev–Trinajstić information content (AvgIpc) is 3.27. The largest absolute Gasteiger partial charge is 0.409 e. The van der Waals surface area contributed by atoms with Crippen LogP contribution in [0.1, 0.15) is 44.9 Å². The Morgan fingerprint density at radius 1 is 1.10 bits per heavy atom. The van der Waals surface area contributed by atoms with Crippen LogP contribution in [-0.4, -0.2) is 23.0 Å². The maximum atomic E-state index is 12.8. The summed E-state index contributed by atoms with van der Waals surface area (Å²) in [5, 5.41) is 15.1. The van der Waals surface area contributed by atoms with E-state index in [2.05, 4.69) is 10.5 Å². The second-order valence-corrected chi connectivity index (χ2v) is 7.81. The van der Waals surface area contributed by atoms with Crippen LogP contribution in [0.25, 0.3) is 0 Å². The number of oxime groups is 1. The molecule has 0 spiro atoms. The van der Waals surface area contributed by atoms with Gasteiger partial charge in [0, 0.05) is 5.92 Å². The minimum absolute atomic E-state index is 0.160. The molecule has 1 amide bonds. The minimum Gasteiger partial charge on any atom is -0.409 e. The lowest BCUT2D eigenvalue weighted by Gasteiger charge is -2.53. The molecule has 5 nitrogen and oxygen atoms in total. The number of nitrogens with zero attached hydrogens (tertiary/aromatic N) is 1. The summed E-state index contributed by atoms with van der Waals surface area (Å²) < 4.78 is 0. The first kappa shape index (κ1) is 13.4. The van der Waals surface area contributed by atoms with E-state index in [-0.39, 0.29) is 23.7 Å². The lowest BCUT2D eigenvalue weighted by molar-refractivity contribution is -0.138. The number of carbonyl (C=O) groups is 1. The number of hydrogen-bond donors (Lipinski definition) is 3. The van der Waals surface area contributed by atoms with E-state index < -0.39 is 0 Å². The fraction of sp³-hybridized carbons (Fsp3) is 0.875. The van der Waals surface area contributed by atoms with Crippen molar-refractivity contribution in [2.24, 2.45) is 46.4 Å². The van der Waals surface area contributed by atoms with E-state index in [1.807, 2.05) is 0 Å². The van der Waals surface area contributed by atoms with Crippen LogP contribution < -0.4 is 11.1 Å². The maximum absolute atomic E-state index is 12.8. The van der Waals surface area contributed by atoms with E-state index in [1.54, 1.807) is 0 Å². The molecule has 0 radical (unpaired) electrons. The standard InChI is InChI=1S/C16H25N3O2/c17-15(19-21)14(10-1-2-10)18-16(20)13-11-4-8-3-9(6-11)7-12(13)5-8/h8-14,21H,1-7H2,(H2,17,19)(H,18,20). The summed E-state index contributed by atoms with van der Waals surface area (Å²) in [6.07, 6.45) is 8.47. The van der Waals surface area contributed by atoms with Crippen LogP contribution >= 0.6 is 0 Å². The molecule has 1 atom stereocenters. The summed E-state index contributed by atoms with van der Waals surface area (Å²) in [7, 11) is 0. The third kappa shape index (κ3) is 2.30. The summed E-state index contributed by atoms with van der Waals surface area (Å²) in [4.78, 5) is 12.8. The van der Waals surface area contributed by atoms with Gasteiger partial charge in [0.2, 0.25) is 5.91 Å². The van der Waals surface area contributed by atoms with Crippen LogP contribution in [0.4, 0.5) is 0 Å². The maximum Gasteiger partial charge on any atom is 0.224 e. The topological polar surface area (TPSA) is 87.7 Å². The molecule has 5 rings (SSSR count). The Morgan fingerprint density at radius 2 is 1.67 bits per heavy atom. The molecule has 5 aliphatic carbocycles. The van der Waals surface area contributed by atoms with E-state index in [0.29, 0.717) is 17.8 Å². The number of nitrogens with two attached hydrogens (primary N) is 1. The van der Waals surface area contributed by atoms with Gasteiger partial charge in [-0.25, -0.2) is 0 Å². The van der Waals surface area contributed by atoms with Crippen molar-refractivity contribution in [2.45, 2.75) is 51.0 Å². The van der Waals surface area contributed by atoms with Gasteiger partial charge in [-0.2, -0.15) is 0 Å². The predicted molar refractivity (Wildman–Crippen MR) is 78.6 cm³/mol. The molecule has 0 aromatic carbocycles. The Balaban J connectivity index is 1.47. The van der Waals surface area contributed by atoms with Crippen molar-refractivity contribution in [1.29, 1.82) is 0 Å². The Hall–Kier alpha value is -1.26. The molecular weight excluding hydrogens is 266 g/mol. The van der Waals surface area contributed by atoms with Crippen molar-refractivity contribution in [3.05, 3.63) is 0 Å². The van der Waals surface area contributed by atoms with Crippen molar-refractivity contribution < 1.29 is 10.0 Å². The summed E-state index contributed by atoms with van der Waals surface area (Å²) in [5.74, 6) is 3.76. The molecule has 5 saturated carbocycles. The summed E-state index contributed by atoms with van der Waals surface area (Å²) in [6.45, 7) is 0. The third-order valence-corrected chi connectivity index (χ3v) is 6.35. The van der Waals surface area contributed by atoms with Crippen LogP contribution in [0.3, 0.4) is 0 Å². The molecule has 5 aliphatic rings. The molecule has 4 N–H and O–H groups in total. The molecule has 5 fully saturated rings. The highest BCUT2D eigenvalue weighted by Crippen LogP contribution is 2.56. The molecular formula is C16H25N3O2. The zero-order valence-corrected chi connectivity index (χ0v) is 12.4. The van der Waals surface area contributed by atoms with Gasteiger partial charge >= 0.3 is 0 Å². The first-order valence-corrected chi connectivity index (χ1v) is 8.43. The Bertz CT molecular complexity index is 444. The van der Waals surface area contributed by atoms with E-state index >= 15 is 0 Å². The van der Waals surface area contributed by atoms with Gasteiger partial charge in [0.05, 0.1) is 6.04 Å². The van der Waals surface area contributed by atoms with Gasteiger partial charge in [-0.1, -0.05) is 5.16 Å². The van der Waals surface area contributed by atoms with E-state index in [4.69, 9.17) is 10.9 Å². The van der Waals surface area contributed by atoms with E-state index in [9.17, 15) is 4.79 Å². The fourth-order valence-electron chi connectivity index (χ4n) is 5.53. The highest BCUT2D eigenvalue weighted by atomic mass is 16.4. The smallest absolute Gasteiger partial charge is 0.224 e. The van der Waals surface area contributed by atoms with Gasteiger partial charge in [-0.05, 0) is 74.5 Å². The van der Waals surface area contributed by atoms with Gasteiger partial charge in [-0.3, -0.25) is 4.79 Å². The van der Waals surface area contributed by atoms with Gasteiger partial charge in [0.1, 0.15) is 0 Å². The zero-order chi connectivity index (χ0) is 14.6. The van der Waals surface area contributed by atoms with Gasteiger partial charge < -0.3 is 16.3 Å². The molecule has 1 unspecified atom stereocenters. The molecule has 4 bridgehead atoms. The summed E-state index contributed by atoms with van der Waals surface area (Å²) >= 11 is 0. The van der Waals surface area contributed by atoms with E-state index in [0.717, 1.165) is 24.7 Å². The molecule has 0 aromatic rings. The van der Waals surface area contributed by atoms with Crippen LogP contribution in [0, 0.1) is 35.5 Å². The Morgan fingerprint density at radius 3 is 2.14 bits per heavy atom. The molecule has 0 saturated heterocycles. The fourth-order valence-corrected chi connectivity index (χ4v) is 5.53. The number of nitrogens with one attached hydrogen (secondary N) is 1. The second kappa shape index (κ2) is 4.89. The molecule has 0 aromatic heterocycles. The van der Waals surface area contributed by atoms with Crippen LogP contribution in [-0.2, 0) is 4.79 Å². The van der Waals surface area contributed by atoms with Crippen molar-refractivity contribution in [3.8, 4) is 0 Å². The normalized spacial score (nSPS) is 42.9. The zero-order valence-electron chi connectivity index (χ0n) is 12.4. The van der Waals surface area contributed by atoms with Crippen LogP contribution in [0.5, 0.6) is 0 Å². The second-order valence-electron chi connectivity index (χ2n) is 7.81. The summed E-state index contributed by atoms with van der Waals surface area (Å²) in [6, 6.07) is -0.264. The molecule has 0 heterocycles. The van der Waals surface area contributed by atoms with Crippen molar-refractivity contribution in [2.75, 3.05) is 0 Å². The first-order valence-electron chi connectivity index (χ1n) is 8.43. The molecule has 0 aliphatic heterocycles. The lowest BCUT2D eigenvalue weighted by atomic mass is 9.51. The van der Waals surface area contributed by atoms with Crippen molar-refractivity contribution in [3.63, 3.8) is 0 Å². The number of carbonyl (C=O) groups excluding carboxylic acids is 1. The Labute approximate surface area is 125 Å². The first-order chi connectivity index (χ1) is 10.2. The molecule has 21 heavy (non-hydrogen) atoms. The van der Waals surface area contributed by atoms with E-state index in [1.165, 1.54) is 32.1 Å². The predicted octanol–water partition coefficient (Wildman–Crippen LogP) is 1.70. The van der Waals surface area contributed by atoms with Crippen molar-refractivity contribution >= 4 is 11.7 Å². The van der Waals surface area contributed by atoms with Crippen LogP contribution in [0.15, 0.2) is 5.16 Å². The van der Waals surface area contributed by atoms with Gasteiger partial charge in [0.25, 0.3) is 0 Å². The van der Waals surface area contributed by atoms with Gasteiger partial charge in [-0.15, -0.1) is 0 Å². The minimum atomic E-state index is -0.264. The average molecular weight is 291 g/mol. The summed E-state index contributed by atoms with van der Waals surface area (Å²) in [5.41, 5.74) is 5.77. The highest BCUT2D eigenvalue weighted by Gasteiger charge is 2.51. The Kier molecular flexibility index (Phi) is 3.12. The SMILES string of the molecule is NC(=NO)C(NC(=O)C1C2CC3CC(C2)CC1C3)C1CC1. The number of amides is 1. The number of rotatable bonds is 4. The third-order valence-electron chi connectivity index (χ3n) is 6.35. The number of hydrogen-bond acceptors (Lipinski definition) is 3. The number of amidine groups is 1.